The Bertz CT molecular complexity index is 1190. The largest absolute Gasteiger partial charge is 0.346 e. The van der Waals surface area contributed by atoms with Gasteiger partial charge in [-0.25, -0.2) is 13.8 Å². The van der Waals surface area contributed by atoms with E-state index in [1.807, 2.05) is 29.2 Å². The molecule has 0 aliphatic carbocycles. The first-order valence-corrected chi connectivity index (χ1v) is 12.6. The SMILES string of the molecule is O=C1CN(CCC2CCNCC2)CCN1c1cccc(-c2cnc3[nH]cc(CC(F)F)c3c2Cl)c1. The van der Waals surface area contributed by atoms with Gasteiger partial charge in [0.15, 0.2) is 0 Å². The number of piperidine rings is 1. The lowest BCUT2D eigenvalue weighted by atomic mass is 9.94. The van der Waals surface area contributed by atoms with Gasteiger partial charge >= 0.3 is 0 Å². The van der Waals surface area contributed by atoms with Crippen LogP contribution in [-0.4, -0.2) is 66.5 Å². The van der Waals surface area contributed by atoms with Crippen LogP contribution in [-0.2, 0) is 11.2 Å². The van der Waals surface area contributed by atoms with Crippen molar-refractivity contribution < 1.29 is 13.6 Å². The number of piperazine rings is 1. The Labute approximate surface area is 208 Å². The first-order valence-electron chi connectivity index (χ1n) is 12.3. The van der Waals surface area contributed by atoms with Gasteiger partial charge in [-0.05, 0) is 68.1 Å². The van der Waals surface area contributed by atoms with Crippen molar-refractivity contribution in [2.24, 2.45) is 5.92 Å². The van der Waals surface area contributed by atoms with Gasteiger partial charge in [0.1, 0.15) is 5.65 Å². The number of H-pyrrole nitrogens is 1. The molecular weight excluding hydrogens is 472 g/mol. The minimum absolute atomic E-state index is 0.0863. The van der Waals surface area contributed by atoms with E-state index in [1.54, 1.807) is 12.4 Å². The molecule has 186 valence electrons. The summed E-state index contributed by atoms with van der Waals surface area (Å²) in [6, 6.07) is 7.64. The number of benzene rings is 1. The summed E-state index contributed by atoms with van der Waals surface area (Å²) in [5.41, 5.74) is 3.20. The van der Waals surface area contributed by atoms with Crippen LogP contribution in [0.1, 0.15) is 24.8 Å². The van der Waals surface area contributed by atoms with E-state index in [0.717, 1.165) is 49.8 Å². The third-order valence-corrected chi connectivity index (χ3v) is 7.57. The van der Waals surface area contributed by atoms with Gasteiger partial charge < -0.3 is 15.2 Å². The minimum atomic E-state index is -2.47. The molecule has 5 rings (SSSR count). The van der Waals surface area contributed by atoms with E-state index >= 15 is 0 Å². The van der Waals surface area contributed by atoms with Gasteiger partial charge in [-0.1, -0.05) is 23.7 Å². The molecule has 1 amide bonds. The van der Waals surface area contributed by atoms with Gasteiger partial charge in [-0.15, -0.1) is 0 Å². The smallest absolute Gasteiger partial charge is 0.242 e. The van der Waals surface area contributed by atoms with E-state index < -0.39 is 6.43 Å². The summed E-state index contributed by atoms with van der Waals surface area (Å²) in [4.78, 5) is 24.4. The molecule has 2 aliphatic heterocycles. The number of amides is 1. The van der Waals surface area contributed by atoms with E-state index in [1.165, 1.54) is 12.8 Å². The lowest BCUT2D eigenvalue weighted by molar-refractivity contribution is -0.121. The number of alkyl halides is 2. The number of hydrogen-bond acceptors (Lipinski definition) is 4. The van der Waals surface area contributed by atoms with Crippen molar-refractivity contribution in [3.63, 3.8) is 0 Å². The number of carbonyl (C=O) groups excluding carboxylic acids is 1. The number of pyridine rings is 1. The van der Waals surface area contributed by atoms with Gasteiger partial charge in [0.05, 0.1) is 11.6 Å². The van der Waals surface area contributed by atoms with Crippen LogP contribution < -0.4 is 10.2 Å². The third kappa shape index (κ3) is 5.34. The van der Waals surface area contributed by atoms with Crippen LogP contribution in [0, 0.1) is 5.92 Å². The molecule has 2 saturated heterocycles. The summed E-state index contributed by atoms with van der Waals surface area (Å²) in [5.74, 6) is 0.834. The quantitative estimate of drug-likeness (QED) is 0.491. The molecule has 0 saturated carbocycles. The Morgan fingerprint density at radius 3 is 2.80 bits per heavy atom. The normalized spacial score (nSPS) is 18.2. The second-order valence-corrected chi connectivity index (χ2v) is 9.85. The predicted octanol–water partition coefficient (Wildman–Crippen LogP) is 4.73. The van der Waals surface area contributed by atoms with Crippen molar-refractivity contribution in [3.8, 4) is 11.1 Å². The van der Waals surface area contributed by atoms with E-state index in [2.05, 4.69) is 20.2 Å². The zero-order chi connectivity index (χ0) is 24.4. The van der Waals surface area contributed by atoms with Crippen LogP contribution in [0.25, 0.3) is 22.2 Å². The van der Waals surface area contributed by atoms with E-state index in [0.29, 0.717) is 40.3 Å². The molecule has 0 atom stereocenters. The molecule has 0 radical (unpaired) electrons. The van der Waals surface area contributed by atoms with Gasteiger partial charge in [0.25, 0.3) is 0 Å². The van der Waals surface area contributed by atoms with Crippen LogP contribution >= 0.6 is 11.6 Å². The average molecular weight is 502 g/mol. The summed E-state index contributed by atoms with van der Waals surface area (Å²) < 4.78 is 26.1. The Morgan fingerprint density at radius 2 is 2.03 bits per heavy atom. The molecule has 35 heavy (non-hydrogen) atoms. The fourth-order valence-corrected chi connectivity index (χ4v) is 5.58. The van der Waals surface area contributed by atoms with Crippen molar-refractivity contribution in [2.45, 2.75) is 32.1 Å². The molecule has 6 nitrogen and oxygen atoms in total. The maximum absolute atomic E-state index is 13.0. The highest BCUT2D eigenvalue weighted by Gasteiger charge is 2.26. The summed E-state index contributed by atoms with van der Waals surface area (Å²) in [6.45, 7) is 5.05. The molecule has 1 aromatic carbocycles. The number of nitrogens with zero attached hydrogens (tertiary/aromatic N) is 3. The predicted molar refractivity (Wildman–Crippen MR) is 135 cm³/mol. The van der Waals surface area contributed by atoms with Crippen LogP contribution in [0.15, 0.2) is 36.7 Å². The summed E-state index contributed by atoms with van der Waals surface area (Å²) in [5, 5.41) is 4.31. The highest BCUT2D eigenvalue weighted by molar-refractivity contribution is 6.38. The summed E-state index contributed by atoms with van der Waals surface area (Å²) in [7, 11) is 0. The highest BCUT2D eigenvalue weighted by atomic mass is 35.5. The van der Waals surface area contributed by atoms with Gasteiger partial charge in [-0.3, -0.25) is 9.69 Å². The zero-order valence-corrected chi connectivity index (χ0v) is 20.3. The molecule has 0 spiro atoms. The molecule has 4 heterocycles. The Kier molecular flexibility index (Phi) is 7.32. The summed E-state index contributed by atoms with van der Waals surface area (Å²) >= 11 is 6.69. The van der Waals surface area contributed by atoms with E-state index in [4.69, 9.17) is 11.6 Å². The Morgan fingerprint density at radius 1 is 1.20 bits per heavy atom. The van der Waals surface area contributed by atoms with Gasteiger partial charge in [0, 0.05) is 48.5 Å². The first-order chi connectivity index (χ1) is 17.0. The average Bonchev–Trinajstić information content (AvgIpc) is 3.26. The van der Waals surface area contributed by atoms with Crippen LogP contribution in [0.4, 0.5) is 14.5 Å². The molecule has 2 fully saturated rings. The highest BCUT2D eigenvalue weighted by Crippen LogP contribution is 2.36. The molecule has 2 N–H and O–H groups in total. The van der Waals surface area contributed by atoms with Crippen molar-refractivity contribution in [3.05, 3.63) is 47.2 Å². The lowest BCUT2D eigenvalue weighted by Gasteiger charge is -2.35. The molecule has 2 aliphatic rings. The first kappa shape index (κ1) is 24.2. The summed E-state index contributed by atoms with van der Waals surface area (Å²) in [6.07, 6.45) is 3.91. The van der Waals surface area contributed by atoms with Gasteiger partial charge in [0.2, 0.25) is 12.3 Å². The molecule has 9 heteroatoms. The van der Waals surface area contributed by atoms with Crippen LogP contribution in [0.3, 0.4) is 0 Å². The number of fused-ring (bicyclic) bond motifs is 1. The molecule has 0 bridgehead atoms. The number of aromatic amines is 1. The Balaban J connectivity index is 1.31. The number of anilines is 1. The number of halogens is 3. The maximum Gasteiger partial charge on any atom is 0.242 e. The maximum atomic E-state index is 13.0. The number of nitrogens with one attached hydrogen (secondary N) is 2. The molecule has 2 aromatic heterocycles. The third-order valence-electron chi connectivity index (χ3n) is 7.17. The fourth-order valence-electron chi connectivity index (χ4n) is 5.21. The van der Waals surface area contributed by atoms with Gasteiger partial charge in [-0.2, -0.15) is 0 Å². The van der Waals surface area contributed by atoms with Crippen molar-refractivity contribution >= 4 is 34.2 Å². The lowest BCUT2D eigenvalue weighted by Crippen LogP contribution is -2.51. The number of aromatic nitrogens is 2. The van der Waals surface area contributed by atoms with Crippen LogP contribution in [0.2, 0.25) is 5.02 Å². The molecule has 3 aromatic rings. The fraction of sp³-hybridized carbons (Fsp3) is 0.462. The monoisotopic (exact) mass is 501 g/mol. The minimum Gasteiger partial charge on any atom is -0.346 e. The second-order valence-electron chi connectivity index (χ2n) is 9.47. The zero-order valence-electron chi connectivity index (χ0n) is 19.6. The second kappa shape index (κ2) is 10.6. The van der Waals surface area contributed by atoms with Crippen molar-refractivity contribution in [2.75, 3.05) is 44.2 Å². The topological polar surface area (TPSA) is 64.3 Å². The molecule has 0 unspecified atom stereocenters. The van der Waals surface area contributed by atoms with Crippen LogP contribution in [0.5, 0.6) is 0 Å². The van der Waals surface area contributed by atoms with E-state index in [-0.39, 0.29) is 12.3 Å². The molecular formula is C26H30ClF2N5O. The number of rotatable bonds is 7. The van der Waals surface area contributed by atoms with Crippen molar-refractivity contribution in [1.82, 2.24) is 20.2 Å². The van der Waals surface area contributed by atoms with Crippen molar-refractivity contribution in [1.29, 1.82) is 0 Å². The number of carbonyl (C=O) groups is 1. The Hall–Kier alpha value is -2.55. The standard InChI is InChI=1S/C26H30ClF2N5O/c27-25-21(15-32-26-24(25)19(14-31-26)13-22(28)29)18-2-1-3-20(12-18)34-11-10-33(16-23(34)35)9-6-17-4-7-30-8-5-17/h1-3,12,14-15,17,22,30H,4-11,13,16H2,(H,31,32). The number of hydrogen-bond donors (Lipinski definition) is 2. The van der Waals surface area contributed by atoms with E-state index in [9.17, 15) is 13.6 Å².